The molecule has 1 aromatic rings. The summed E-state index contributed by atoms with van der Waals surface area (Å²) >= 11 is 0. The fourth-order valence-corrected chi connectivity index (χ4v) is 2.31. The molecule has 0 amide bonds. The van der Waals surface area contributed by atoms with Gasteiger partial charge in [0, 0.05) is 13.1 Å². The fourth-order valence-electron chi connectivity index (χ4n) is 2.31. The Balaban J connectivity index is 2.22. The quantitative estimate of drug-likeness (QED) is 0.597. The average molecular weight is 282 g/mol. The van der Waals surface area contributed by atoms with Crippen LogP contribution >= 0.6 is 0 Å². The second-order valence-electron chi connectivity index (χ2n) is 5.46. The van der Waals surface area contributed by atoms with Crippen LogP contribution in [-0.4, -0.2) is 26.8 Å². The highest BCUT2D eigenvalue weighted by Crippen LogP contribution is 2.31. The van der Waals surface area contributed by atoms with Gasteiger partial charge in [0.25, 0.3) is 5.56 Å². The number of unbranched alkanes of at least 4 members (excludes halogenated alkanes) is 1. The number of rotatable bonds is 6. The van der Waals surface area contributed by atoms with E-state index in [-0.39, 0.29) is 18.1 Å². The standard InChI is InChI=1S/C13H22N4O3/c1-2-3-7-17-10(14)9(11(18)16-12(17)19)15-8-13(20)5-4-6-13/h15,20H,2-8,14H2,1H3,(H,16,18,19). The lowest BCUT2D eigenvalue weighted by Gasteiger charge is -2.36. The maximum absolute atomic E-state index is 11.8. The molecule has 1 aromatic heterocycles. The Morgan fingerprint density at radius 2 is 2.15 bits per heavy atom. The van der Waals surface area contributed by atoms with Crippen LogP contribution in [0.4, 0.5) is 11.5 Å². The number of hydrogen-bond acceptors (Lipinski definition) is 5. The Bertz CT molecular complexity index is 586. The summed E-state index contributed by atoms with van der Waals surface area (Å²) in [6.07, 6.45) is 4.15. The molecular formula is C13H22N4O3. The van der Waals surface area contributed by atoms with E-state index in [0.717, 1.165) is 19.3 Å². The van der Waals surface area contributed by atoms with Crippen LogP contribution in [0.25, 0.3) is 0 Å². The molecule has 7 heteroatoms. The Labute approximate surface area is 116 Å². The highest BCUT2D eigenvalue weighted by molar-refractivity contribution is 5.60. The number of anilines is 2. The lowest BCUT2D eigenvalue weighted by molar-refractivity contribution is -0.0202. The second kappa shape index (κ2) is 5.70. The molecule has 0 spiro atoms. The molecule has 2 rings (SSSR count). The summed E-state index contributed by atoms with van der Waals surface area (Å²) in [4.78, 5) is 25.8. The van der Waals surface area contributed by atoms with E-state index in [1.165, 1.54) is 4.57 Å². The van der Waals surface area contributed by atoms with Crippen molar-refractivity contribution in [3.63, 3.8) is 0 Å². The van der Waals surface area contributed by atoms with E-state index in [9.17, 15) is 14.7 Å². The number of aromatic nitrogens is 2. The molecule has 112 valence electrons. The third kappa shape index (κ3) is 2.87. The largest absolute Gasteiger partial charge is 0.388 e. The van der Waals surface area contributed by atoms with Gasteiger partial charge in [-0.05, 0) is 25.7 Å². The smallest absolute Gasteiger partial charge is 0.330 e. The van der Waals surface area contributed by atoms with Crippen molar-refractivity contribution in [2.24, 2.45) is 0 Å². The SMILES string of the molecule is CCCCn1c(N)c(NCC2(O)CCC2)c(=O)[nH]c1=O. The summed E-state index contributed by atoms with van der Waals surface area (Å²) in [5.74, 6) is 0.134. The minimum atomic E-state index is -0.761. The summed E-state index contributed by atoms with van der Waals surface area (Å²) in [5, 5.41) is 12.9. The molecule has 0 radical (unpaired) electrons. The van der Waals surface area contributed by atoms with Crippen molar-refractivity contribution in [3.8, 4) is 0 Å². The van der Waals surface area contributed by atoms with Crippen LogP contribution in [0.3, 0.4) is 0 Å². The Morgan fingerprint density at radius 1 is 1.45 bits per heavy atom. The first-order chi connectivity index (χ1) is 9.47. The van der Waals surface area contributed by atoms with Gasteiger partial charge in [0.1, 0.15) is 11.5 Å². The summed E-state index contributed by atoms with van der Waals surface area (Å²) < 4.78 is 1.36. The molecule has 0 saturated heterocycles. The predicted octanol–water partition coefficient (Wildman–Crippen LogP) is 0.246. The first kappa shape index (κ1) is 14.6. The van der Waals surface area contributed by atoms with Crippen LogP contribution in [0.1, 0.15) is 39.0 Å². The van der Waals surface area contributed by atoms with Crippen molar-refractivity contribution in [3.05, 3.63) is 20.8 Å². The van der Waals surface area contributed by atoms with Gasteiger partial charge in [-0.1, -0.05) is 13.3 Å². The van der Waals surface area contributed by atoms with Gasteiger partial charge in [-0.3, -0.25) is 14.3 Å². The minimum Gasteiger partial charge on any atom is -0.388 e. The highest BCUT2D eigenvalue weighted by atomic mass is 16.3. The Hall–Kier alpha value is -1.76. The van der Waals surface area contributed by atoms with Gasteiger partial charge in [0.05, 0.1) is 5.60 Å². The molecular weight excluding hydrogens is 260 g/mol. The van der Waals surface area contributed by atoms with Crippen molar-refractivity contribution in [2.45, 2.75) is 51.2 Å². The van der Waals surface area contributed by atoms with E-state index in [2.05, 4.69) is 10.3 Å². The minimum absolute atomic E-state index is 0.134. The molecule has 1 aliphatic rings. The number of nitrogens with one attached hydrogen (secondary N) is 2. The Kier molecular flexibility index (Phi) is 4.17. The molecule has 0 unspecified atom stereocenters. The summed E-state index contributed by atoms with van der Waals surface area (Å²) in [6, 6.07) is 0. The van der Waals surface area contributed by atoms with Gasteiger partial charge in [0.2, 0.25) is 0 Å². The molecule has 1 fully saturated rings. The molecule has 1 saturated carbocycles. The average Bonchev–Trinajstić information content (AvgIpc) is 2.36. The second-order valence-corrected chi connectivity index (χ2v) is 5.46. The van der Waals surface area contributed by atoms with Crippen LogP contribution in [0.2, 0.25) is 0 Å². The first-order valence-electron chi connectivity index (χ1n) is 7.06. The summed E-state index contributed by atoms with van der Waals surface area (Å²) in [6.45, 7) is 2.75. The number of H-pyrrole nitrogens is 1. The normalized spacial score (nSPS) is 16.7. The zero-order valence-electron chi connectivity index (χ0n) is 11.7. The molecule has 1 aliphatic carbocycles. The van der Waals surface area contributed by atoms with Crippen molar-refractivity contribution in [1.82, 2.24) is 9.55 Å². The highest BCUT2D eigenvalue weighted by Gasteiger charge is 2.34. The summed E-state index contributed by atoms with van der Waals surface area (Å²) in [7, 11) is 0. The number of nitrogen functional groups attached to an aromatic ring is 1. The molecule has 7 nitrogen and oxygen atoms in total. The van der Waals surface area contributed by atoms with Crippen molar-refractivity contribution < 1.29 is 5.11 Å². The number of nitrogens with two attached hydrogens (primary N) is 1. The van der Waals surface area contributed by atoms with Crippen molar-refractivity contribution in [1.29, 1.82) is 0 Å². The fraction of sp³-hybridized carbons (Fsp3) is 0.692. The van der Waals surface area contributed by atoms with Gasteiger partial charge in [-0.2, -0.15) is 0 Å². The molecule has 0 aliphatic heterocycles. The van der Waals surface area contributed by atoms with Crippen LogP contribution in [-0.2, 0) is 6.54 Å². The van der Waals surface area contributed by atoms with Gasteiger partial charge in [0.15, 0.2) is 0 Å². The zero-order chi connectivity index (χ0) is 14.8. The number of nitrogens with zero attached hydrogens (tertiary/aromatic N) is 1. The molecule has 0 aromatic carbocycles. The third-order valence-corrected chi connectivity index (χ3v) is 3.85. The number of aliphatic hydroxyl groups is 1. The lowest BCUT2D eigenvalue weighted by Crippen LogP contribution is -2.44. The van der Waals surface area contributed by atoms with Gasteiger partial charge in [-0.25, -0.2) is 4.79 Å². The van der Waals surface area contributed by atoms with Gasteiger partial charge < -0.3 is 16.2 Å². The first-order valence-corrected chi connectivity index (χ1v) is 7.06. The Morgan fingerprint density at radius 3 is 2.70 bits per heavy atom. The molecule has 0 atom stereocenters. The van der Waals surface area contributed by atoms with Crippen molar-refractivity contribution >= 4 is 11.5 Å². The van der Waals surface area contributed by atoms with E-state index in [4.69, 9.17) is 5.73 Å². The van der Waals surface area contributed by atoms with E-state index in [1.54, 1.807) is 0 Å². The third-order valence-electron chi connectivity index (χ3n) is 3.85. The van der Waals surface area contributed by atoms with Crippen LogP contribution < -0.4 is 22.3 Å². The maximum atomic E-state index is 11.8. The van der Waals surface area contributed by atoms with E-state index in [1.807, 2.05) is 6.92 Å². The van der Waals surface area contributed by atoms with Crippen LogP contribution in [0.5, 0.6) is 0 Å². The van der Waals surface area contributed by atoms with E-state index >= 15 is 0 Å². The van der Waals surface area contributed by atoms with Crippen LogP contribution in [0, 0.1) is 0 Å². The van der Waals surface area contributed by atoms with E-state index in [0.29, 0.717) is 19.4 Å². The maximum Gasteiger partial charge on any atom is 0.330 e. The number of hydrogen-bond donors (Lipinski definition) is 4. The molecule has 0 bridgehead atoms. The molecule has 1 heterocycles. The molecule has 20 heavy (non-hydrogen) atoms. The van der Waals surface area contributed by atoms with Crippen molar-refractivity contribution in [2.75, 3.05) is 17.6 Å². The topological polar surface area (TPSA) is 113 Å². The zero-order valence-corrected chi connectivity index (χ0v) is 11.7. The number of aromatic amines is 1. The summed E-state index contributed by atoms with van der Waals surface area (Å²) in [5.41, 5.74) is 4.29. The van der Waals surface area contributed by atoms with Gasteiger partial charge in [-0.15, -0.1) is 0 Å². The van der Waals surface area contributed by atoms with Crippen LogP contribution in [0.15, 0.2) is 9.59 Å². The van der Waals surface area contributed by atoms with Gasteiger partial charge >= 0.3 is 5.69 Å². The molecule has 5 N–H and O–H groups in total. The van der Waals surface area contributed by atoms with E-state index < -0.39 is 16.9 Å². The monoisotopic (exact) mass is 282 g/mol. The predicted molar refractivity (Wildman–Crippen MR) is 77.9 cm³/mol. The lowest BCUT2D eigenvalue weighted by atomic mass is 9.80.